The first-order valence-corrected chi connectivity index (χ1v) is 7.64. The van der Waals surface area contributed by atoms with Gasteiger partial charge >= 0.3 is 0 Å². The van der Waals surface area contributed by atoms with Crippen LogP contribution in [0.25, 0.3) is 5.69 Å². The van der Waals surface area contributed by atoms with Gasteiger partial charge in [0, 0.05) is 31.1 Å². The molecule has 0 amide bonds. The summed E-state index contributed by atoms with van der Waals surface area (Å²) in [7, 11) is 0. The molecule has 5 nitrogen and oxygen atoms in total. The maximum Gasteiger partial charge on any atom is 0.226 e. The number of ketones is 1. The number of carbonyl (C=O) groups is 1. The fraction of sp³-hybridized carbons (Fsp3) is 0.0556. The Morgan fingerprint density at radius 2 is 1.50 bits per heavy atom. The quantitative estimate of drug-likeness (QED) is 0.270. The second-order valence-electron chi connectivity index (χ2n) is 5.77. The molecule has 0 fully saturated rings. The first kappa shape index (κ1) is 23.1. The van der Waals surface area contributed by atoms with Crippen molar-refractivity contribution in [1.29, 1.82) is 5.26 Å². The van der Waals surface area contributed by atoms with Crippen molar-refractivity contribution in [3.05, 3.63) is 75.5 Å². The first-order valence-electron chi connectivity index (χ1n) is 7.64. The molecule has 0 spiro atoms. The molecule has 30 heavy (non-hydrogen) atoms. The van der Waals surface area contributed by atoms with Gasteiger partial charge in [0.1, 0.15) is 34.5 Å². The third-order valence-electron chi connectivity index (χ3n) is 3.98. The maximum atomic E-state index is 14.0. The number of hydrogen-bond donors (Lipinski definition) is 1. The average molecular weight is 477 g/mol. The van der Waals surface area contributed by atoms with E-state index in [0.29, 0.717) is 12.1 Å². The summed E-state index contributed by atoms with van der Waals surface area (Å²) in [6.45, 7) is 1.10. The SMILES string of the molecule is Cc1nn(-c2c(F)c(F)cc(F)c2F)c(O)c1C(=O)c1cc(F)c(C#N)c(F)c1.[Zn]. The summed E-state index contributed by atoms with van der Waals surface area (Å²) < 4.78 is 82.5. The molecule has 0 unspecified atom stereocenters. The van der Waals surface area contributed by atoms with Crippen molar-refractivity contribution >= 4 is 5.78 Å². The number of benzene rings is 2. The number of nitriles is 1. The summed E-state index contributed by atoms with van der Waals surface area (Å²) in [4.78, 5) is 12.6. The van der Waals surface area contributed by atoms with E-state index in [4.69, 9.17) is 5.26 Å². The van der Waals surface area contributed by atoms with Crippen molar-refractivity contribution in [2.75, 3.05) is 0 Å². The second-order valence-corrected chi connectivity index (χ2v) is 5.77. The molecule has 3 rings (SSSR count). The normalized spacial score (nSPS) is 10.5. The topological polar surface area (TPSA) is 78.9 Å². The Bertz CT molecular complexity index is 1190. The maximum absolute atomic E-state index is 14.0. The Morgan fingerprint density at radius 3 is 1.97 bits per heavy atom. The van der Waals surface area contributed by atoms with Gasteiger partial charge in [-0.15, -0.1) is 0 Å². The summed E-state index contributed by atoms with van der Waals surface area (Å²) >= 11 is 0. The van der Waals surface area contributed by atoms with Gasteiger partial charge < -0.3 is 5.11 Å². The fourth-order valence-corrected chi connectivity index (χ4v) is 2.64. The Kier molecular flexibility index (Phi) is 6.37. The number of aromatic nitrogens is 2. The van der Waals surface area contributed by atoms with Gasteiger partial charge in [0.2, 0.25) is 11.7 Å². The number of halogens is 6. The summed E-state index contributed by atoms with van der Waals surface area (Å²) in [6, 6.07) is 2.23. The van der Waals surface area contributed by atoms with E-state index in [-0.39, 0.29) is 35.9 Å². The molecular weight excluding hydrogens is 470 g/mol. The molecule has 0 aliphatic heterocycles. The van der Waals surface area contributed by atoms with Crippen LogP contribution in [0.1, 0.15) is 27.2 Å². The van der Waals surface area contributed by atoms with Gasteiger partial charge in [-0.25, -0.2) is 26.3 Å². The van der Waals surface area contributed by atoms with Crippen LogP contribution in [-0.4, -0.2) is 20.7 Å². The Balaban J connectivity index is 0.00000320. The fourth-order valence-electron chi connectivity index (χ4n) is 2.64. The van der Waals surface area contributed by atoms with Gasteiger partial charge in [-0.3, -0.25) is 4.79 Å². The molecule has 0 radical (unpaired) electrons. The number of carbonyl (C=O) groups excluding carboxylic acids is 1. The number of aromatic hydroxyl groups is 1. The van der Waals surface area contributed by atoms with Gasteiger partial charge in [-0.05, 0) is 19.1 Å². The van der Waals surface area contributed by atoms with Crippen molar-refractivity contribution in [3.8, 4) is 17.6 Å². The van der Waals surface area contributed by atoms with E-state index < -0.39 is 68.9 Å². The van der Waals surface area contributed by atoms with Crippen LogP contribution in [0.3, 0.4) is 0 Å². The monoisotopic (exact) mass is 475 g/mol. The minimum atomic E-state index is -1.89. The molecule has 2 aromatic carbocycles. The van der Waals surface area contributed by atoms with Crippen molar-refractivity contribution in [2.24, 2.45) is 0 Å². The number of rotatable bonds is 3. The van der Waals surface area contributed by atoms with Crippen LogP contribution in [0, 0.1) is 53.2 Å². The summed E-state index contributed by atoms with van der Waals surface area (Å²) in [5.41, 5.74) is -4.11. The van der Waals surface area contributed by atoms with E-state index in [1.807, 2.05) is 0 Å². The van der Waals surface area contributed by atoms with Crippen molar-refractivity contribution in [3.63, 3.8) is 0 Å². The van der Waals surface area contributed by atoms with Crippen molar-refractivity contribution in [1.82, 2.24) is 9.78 Å². The summed E-state index contributed by atoms with van der Waals surface area (Å²) in [6.07, 6.45) is 0. The van der Waals surface area contributed by atoms with Crippen LogP contribution >= 0.6 is 0 Å². The molecule has 0 saturated carbocycles. The zero-order chi connectivity index (χ0) is 21.6. The van der Waals surface area contributed by atoms with Crippen LogP contribution in [0.15, 0.2) is 18.2 Å². The van der Waals surface area contributed by atoms with E-state index >= 15 is 0 Å². The molecule has 12 heteroatoms. The van der Waals surface area contributed by atoms with Crippen LogP contribution in [0.2, 0.25) is 0 Å². The molecule has 0 aliphatic carbocycles. The van der Waals surface area contributed by atoms with Gasteiger partial charge in [-0.2, -0.15) is 15.0 Å². The molecule has 0 aliphatic rings. The molecule has 1 N–H and O–H groups in total. The number of nitrogens with zero attached hydrogens (tertiary/aromatic N) is 3. The Labute approximate surface area is 176 Å². The predicted molar refractivity (Wildman–Crippen MR) is 84.3 cm³/mol. The average Bonchev–Trinajstić information content (AvgIpc) is 2.93. The molecule has 1 heterocycles. The molecule has 150 valence electrons. The standard InChI is InChI=1S/C18H7F6N3O2.Zn/c1-6-13(17(28)7-2-9(19)8(5-25)10(20)3-7)18(29)27(26-6)16-14(23)11(21)4-12(22)15(16)24;/h2-4,29H,1H3;. The van der Waals surface area contributed by atoms with Crippen LogP contribution < -0.4 is 0 Å². The molecule has 1 aromatic heterocycles. The van der Waals surface area contributed by atoms with Crippen molar-refractivity contribution < 1.29 is 55.7 Å². The van der Waals surface area contributed by atoms with E-state index in [0.717, 1.165) is 6.92 Å². The van der Waals surface area contributed by atoms with Crippen LogP contribution in [0.4, 0.5) is 26.3 Å². The Hall–Kier alpha value is -3.19. The Morgan fingerprint density at radius 1 is 1.00 bits per heavy atom. The van der Waals surface area contributed by atoms with Gasteiger partial charge in [0.15, 0.2) is 23.3 Å². The summed E-state index contributed by atoms with van der Waals surface area (Å²) in [5, 5.41) is 22.4. The van der Waals surface area contributed by atoms with Gasteiger partial charge in [0.25, 0.3) is 0 Å². The molecular formula is C18H7F6N3O2Zn. The molecule has 3 aromatic rings. The second kappa shape index (κ2) is 8.28. The van der Waals surface area contributed by atoms with E-state index in [9.17, 15) is 36.2 Å². The molecule has 0 saturated heterocycles. The molecule has 0 bridgehead atoms. The van der Waals surface area contributed by atoms with Gasteiger partial charge in [-0.1, -0.05) is 0 Å². The minimum Gasteiger partial charge on any atom is -0.493 e. The van der Waals surface area contributed by atoms with Crippen molar-refractivity contribution in [2.45, 2.75) is 6.92 Å². The van der Waals surface area contributed by atoms with E-state index in [1.54, 1.807) is 0 Å². The third kappa shape index (κ3) is 3.57. The van der Waals surface area contributed by atoms with E-state index in [2.05, 4.69) is 5.10 Å². The third-order valence-corrected chi connectivity index (χ3v) is 3.98. The van der Waals surface area contributed by atoms with Crippen LogP contribution in [0.5, 0.6) is 5.88 Å². The van der Waals surface area contributed by atoms with E-state index in [1.165, 1.54) is 6.07 Å². The largest absolute Gasteiger partial charge is 0.493 e. The number of aryl methyl sites for hydroxylation is 1. The first-order chi connectivity index (χ1) is 13.6. The smallest absolute Gasteiger partial charge is 0.226 e. The van der Waals surface area contributed by atoms with Gasteiger partial charge in [0.05, 0.1) is 5.69 Å². The zero-order valence-electron chi connectivity index (χ0n) is 14.9. The predicted octanol–water partition coefficient (Wildman–Crippen LogP) is 3.82. The zero-order valence-corrected chi connectivity index (χ0v) is 17.9. The van der Waals surface area contributed by atoms with Crippen LogP contribution in [-0.2, 0) is 19.5 Å². The summed E-state index contributed by atoms with van der Waals surface area (Å²) in [5.74, 6) is -12.5. The molecule has 0 atom stereocenters. The number of hydrogen-bond acceptors (Lipinski definition) is 4. The minimum absolute atomic E-state index is 0.